The van der Waals surface area contributed by atoms with Crippen LogP contribution < -0.4 is 5.32 Å². The predicted molar refractivity (Wildman–Crippen MR) is 46.3 cm³/mol. The summed E-state index contributed by atoms with van der Waals surface area (Å²) >= 11 is 0. The molecule has 0 aliphatic carbocycles. The summed E-state index contributed by atoms with van der Waals surface area (Å²) in [6.45, 7) is 1.87. The van der Waals surface area contributed by atoms with Gasteiger partial charge in [-0.1, -0.05) is 5.16 Å². The van der Waals surface area contributed by atoms with Crippen molar-refractivity contribution in [1.82, 2.24) is 15.5 Å². The lowest BCUT2D eigenvalue weighted by molar-refractivity contribution is 0.327. The van der Waals surface area contributed by atoms with Crippen molar-refractivity contribution in [2.45, 2.75) is 44.2 Å². The lowest BCUT2D eigenvalue weighted by atomic mass is 9.89. The van der Waals surface area contributed by atoms with Crippen LogP contribution in [0.15, 0.2) is 4.52 Å². The van der Waals surface area contributed by atoms with Crippen molar-refractivity contribution in [1.29, 1.82) is 0 Å². The number of fused-ring (bicyclic) bond motifs is 2. The van der Waals surface area contributed by atoms with E-state index in [0.29, 0.717) is 18.0 Å². The van der Waals surface area contributed by atoms with Gasteiger partial charge in [-0.05, 0) is 26.2 Å². The molecule has 2 fully saturated rings. The summed E-state index contributed by atoms with van der Waals surface area (Å²) in [5.74, 6) is 2.05. The summed E-state index contributed by atoms with van der Waals surface area (Å²) in [7, 11) is 0. The molecule has 0 spiro atoms. The molecule has 2 bridgehead atoms. The number of aromatic nitrogens is 2. The largest absolute Gasteiger partial charge is 0.339 e. The topological polar surface area (TPSA) is 51.0 Å². The van der Waals surface area contributed by atoms with E-state index in [9.17, 15) is 0 Å². The molecule has 0 amide bonds. The van der Waals surface area contributed by atoms with Gasteiger partial charge in [-0.3, -0.25) is 0 Å². The number of nitrogens with one attached hydrogen (secondary N) is 1. The van der Waals surface area contributed by atoms with E-state index < -0.39 is 0 Å². The highest BCUT2D eigenvalue weighted by atomic mass is 16.5. The van der Waals surface area contributed by atoms with Gasteiger partial charge in [0, 0.05) is 12.1 Å². The van der Waals surface area contributed by atoms with E-state index in [-0.39, 0.29) is 0 Å². The first kappa shape index (κ1) is 7.50. The minimum Gasteiger partial charge on any atom is -0.339 e. The maximum Gasteiger partial charge on any atom is 0.231 e. The average Bonchev–Trinajstić information content (AvgIpc) is 2.77. The summed E-state index contributed by atoms with van der Waals surface area (Å²) in [6.07, 6.45) is 3.75. The summed E-state index contributed by atoms with van der Waals surface area (Å²) in [5, 5.41) is 7.39. The van der Waals surface area contributed by atoms with Crippen molar-refractivity contribution in [3.8, 4) is 0 Å². The molecule has 0 saturated carbocycles. The van der Waals surface area contributed by atoms with Crippen molar-refractivity contribution in [2.24, 2.45) is 0 Å². The molecule has 4 heteroatoms. The number of rotatable bonds is 1. The molecule has 70 valence electrons. The Hall–Kier alpha value is -0.900. The molecular weight excluding hydrogens is 166 g/mol. The number of aryl methyl sites for hydroxylation is 1. The molecule has 3 rings (SSSR count). The van der Waals surface area contributed by atoms with Gasteiger partial charge < -0.3 is 9.84 Å². The van der Waals surface area contributed by atoms with Crippen LogP contribution in [0, 0.1) is 6.92 Å². The van der Waals surface area contributed by atoms with Crippen LogP contribution in [-0.2, 0) is 0 Å². The minimum absolute atomic E-state index is 0.472. The number of hydrogen-bond acceptors (Lipinski definition) is 4. The maximum atomic E-state index is 5.20. The van der Waals surface area contributed by atoms with Gasteiger partial charge in [0.05, 0.1) is 5.92 Å². The van der Waals surface area contributed by atoms with Crippen LogP contribution in [0.4, 0.5) is 0 Å². The summed E-state index contributed by atoms with van der Waals surface area (Å²) in [5.41, 5.74) is 0. The fraction of sp³-hybridized carbons (Fsp3) is 0.778. The predicted octanol–water partition coefficient (Wildman–Crippen LogP) is 0.986. The molecule has 13 heavy (non-hydrogen) atoms. The molecule has 2 saturated heterocycles. The lowest BCUT2D eigenvalue weighted by Gasteiger charge is -2.15. The first-order valence-corrected chi connectivity index (χ1v) is 4.89. The van der Waals surface area contributed by atoms with Gasteiger partial charge in [0.15, 0.2) is 5.82 Å². The first-order chi connectivity index (χ1) is 6.33. The monoisotopic (exact) mass is 179 g/mol. The second kappa shape index (κ2) is 2.54. The lowest BCUT2D eigenvalue weighted by Crippen LogP contribution is -2.21. The molecule has 1 N–H and O–H groups in total. The molecular formula is C9H13N3O. The highest BCUT2D eigenvalue weighted by Crippen LogP contribution is 2.38. The minimum atomic E-state index is 0.472. The van der Waals surface area contributed by atoms with Gasteiger partial charge in [-0.25, -0.2) is 0 Å². The molecule has 4 nitrogen and oxygen atoms in total. The molecule has 3 unspecified atom stereocenters. The molecule has 1 aromatic rings. The quantitative estimate of drug-likeness (QED) is 0.698. The van der Waals surface area contributed by atoms with E-state index in [1.54, 1.807) is 0 Å². The summed E-state index contributed by atoms with van der Waals surface area (Å²) in [4.78, 5) is 4.29. The van der Waals surface area contributed by atoms with Gasteiger partial charge in [-0.15, -0.1) is 0 Å². The van der Waals surface area contributed by atoms with Crippen LogP contribution in [0.1, 0.15) is 36.9 Å². The fourth-order valence-corrected chi connectivity index (χ4v) is 2.56. The zero-order valence-electron chi connectivity index (χ0n) is 7.66. The Morgan fingerprint density at radius 2 is 2.38 bits per heavy atom. The first-order valence-electron chi connectivity index (χ1n) is 4.89. The standard InChI is InChI=1S/C9H13N3O/c1-5-10-9(13-12-5)7-4-6-2-3-8(7)11-6/h6-8,11H,2-4H2,1H3. The van der Waals surface area contributed by atoms with Crippen molar-refractivity contribution in [3.63, 3.8) is 0 Å². The molecule has 1 aromatic heterocycles. The third kappa shape index (κ3) is 1.09. The Morgan fingerprint density at radius 1 is 1.46 bits per heavy atom. The molecule has 3 heterocycles. The Labute approximate surface area is 76.7 Å². The second-order valence-corrected chi connectivity index (χ2v) is 4.07. The second-order valence-electron chi connectivity index (χ2n) is 4.07. The van der Waals surface area contributed by atoms with Gasteiger partial charge in [-0.2, -0.15) is 4.98 Å². The van der Waals surface area contributed by atoms with E-state index in [4.69, 9.17) is 4.52 Å². The number of hydrogen-bond donors (Lipinski definition) is 1. The molecule has 2 aliphatic rings. The van der Waals surface area contributed by atoms with Crippen LogP contribution in [-0.4, -0.2) is 22.2 Å². The van der Waals surface area contributed by atoms with E-state index in [1.807, 2.05) is 6.92 Å². The Balaban J connectivity index is 1.87. The third-order valence-corrected chi connectivity index (χ3v) is 3.16. The average molecular weight is 179 g/mol. The Morgan fingerprint density at radius 3 is 2.92 bits per heavy atom. The Kier molecular flexibility index (Phi) is 1.47. The molecule has 0 radical (unpaired) electrons. The normalized spacial score (nSPS) is 37.2. The van der Waals surface area contributed by atoms with Gasteiger partial charge in [0.2, 0.25) is 5.89 Å². The molecule has 0 aromatic carbocycles. The van der Waals surface area contributed by atoms with E-state index in [1.165, 1.54) is 19.3 Å². The van der Waals surface area contributed by atoms with Crippen LogP contribution in [0.5, 0.6) is 0 Å². The van der Waals surface area contributed by atoms with Crippen LogP contribution in [0.25, 0.3) is 0 Å². The van der Waals surface area contributed by atoms with Crippen molar-refractivity contribution in [2.75, 3.05) is 0 Å². The van der Waals surface area contributed by atoms with E-state index in [2.05, 4.69) is 15.5 Å². The van der Waals surface area contributed by atoms with Crippen LogP contribution in [0.2, 0.25) is 0 Å². The zero-order chi connectivity index (χ0) is 8.84. The van der Waals surface area contributed by atoms with Gasteiger partial charge >= 0.3 is 0 Å². The zero-order valence-corrected chi connectivity index (χ0v) is 7.66. The maximum absolute atomic E-state index is 5.20. The summed E-state index contributed by atoms with van der Waals surface area (Å²) < 4.78 is 5.20. The van der Waals surface area contributed by atoms with Crippen LogP contribution >= 0.6 is 0 Å². The van der Waals surface area contributed by atoms with Gasteiger partial charge in [0.25, 0.3) is 0 Å². The van der Waals surface area contributed by atoms with Crippen LogP contribution in [0.3, 0.4) is 0 Å². The Bertz CT molecular complexity index is 322. The highest BCUT2D eigenvalue weighted by molar-refractivity contribution is 5.09. The van der Waals surface area contributed by atoms with Gasteiger partial charge in [0.1, 0.15) is 0 Å². The summed E-state index contributed by atoms with van der Waals surface area (Å²) in [6, 6.07) is 1.28. The third-order valence-electron chi connectivity index (χ3n) is 3.16. The molecule has 2 aliphatic heterocycles. The highest BCUT2D eigenvalue weighted by Gasteiger charge is 2.42. The van der Waals surface area contributed by atoms with Crippen molar-refractivity contribution < 1.29 is 4.52 Å². The molecule has 3 atom stereocenters. The van der Waals surface area contributed by atoms with Crippen molar-refractivity contribution >= 4 is 0 Å². The van der Waals surface area contributed by atoms with Crippen molar-refractivity contribution in [3.05, 3.63) is 11.7 Å². The SMILES string of the molecule is Cc1noc(C2CC3CCC2N3)n1. The number of nitrogens with zero attached hydrogens (tertiary/aromatic N) is 2. The fourth-order valence-electron chi connectivity index (χ4n) is 2.56. The smallest absolute Gasteiger partial charge is 0.231 e. The van der Waals surface area contributed by atoms with E-state index in [0.717, 1.165) is 11.7 Å². The van der Waals surface area contributed by atoms with E-state index >= 15 is 0 Å².